The second-order valence-electron chi connectivity index (χ2n) is 5.84. The number of esters is 1. The van der Waals surface area contributed by atoms with E-state index < -0.39 is 12.0 Å². The van der Waals surface area contributed by atoms with Gasteiger partial charge in [-0.25, -0.2) is 0 Å². The molecule has 2 amide bonds. The molecule has 0 aliphatic carbocycles. The van der Waals surface area contributed by atoms with Gasteiger partial charge in [-0.2, -0.15) is 0 Å². The van der Waals surface area contributed by atoms with Crippen LogP contribution >= 0.6 is 0 Å². The molecule has 0 saturated carbocycles. The fraction of sp³-hybridized carbons (Fsp3) is 0.688. The molecule has 1 rings (SSSR count). The van der Waals surface area contributed by atoms with Crippen molar-refractivity contribution < 1.29 is 24.2 Å². The molecule has 0 aromatic heterocycles. The number of ether oxygens (including phenoxy) is 1. The number of rotatable bonds is 4. The Kier molecular flexibility index (Phi) is 8.32. The van der Waals surface area contributed by atoms with Crippen LogP contribution < -0.4 is 10.6 Å². The molecule has 0 unspecified atom stereocenters. The van der Waals surface area contributed by atoms with Crippen LogP contribution in [-0.4, -0.2) is 48.2 Å². The van der Waals surface area contributed by atoms with E-state index in [-0.39, 0.29) is 43.4 Å². The van der Waals surface area contributed by atoms with Gasteiger partial charge in [-0.1, -0.05) is 12.2 Å². The highest BCUT2D eigenvalue weighted by atomic mass is 16.5. The van der Waals surface area contributed by atoms with Gasteiger partial charge in [0.05, 0.1) is 19.1 Å². The van der Waals surface area contributed by atoms with E-state index in [0.717, 1.165) is 0 Å². The Labute approximate surface area is 136 Å². The van der Waals surface area contributed by atoms with Gasteiger partial charge in [0, 0.05) is 18.9 Å². The summed E-state index contributed by atoms with van der Waals surface area (Å²) in [5.74, 6) is -1.29. The molecule has 0 aromatic carbocycles. The summed E-state index contributed by atoms with van der Waals surface area (Å²) in [5, 5.41) is 14.3. The van der Waals surface area contributed by atoms with Gasteiger partial charge in [0.25, 0.3) is 0 Å². The lowest BCUT2D eigenvalue weighted by atomic mass is 9.98. The van der Waals surface area contributed by atoms with Crippen molar-refractivity contribution in [3.05, 3.63) is 12.2 Å². The van der Waals surface area contributed by atoms with Crippen LogP contribution in [0, 0.1) is 5.92 Å². The lowest BCUT2D eigenvalue weighted by Gasteiger charge is -2.19. The van der Waals surface area contributed by atoms with Gasteiger partial charge in [-0.15, -0.1) is 0 Å². The Morgan fingerprint density at radius 3 is 2.91 bits per heavy atom. The molecule has 0 aromatic rings. The van der Waals surface area contributed by atoms with Crippen molar-refractivity contribution in [2.45, 2.75) is 51.7 Å². The standard InChI is InChI=1S/C16H26N2O5/c1-11(10-19)18-14(20)8-13-6-4-3-5-7-15(21)23-12(2)9-17-16(13)22/h3-4,11-13,19H,5-10H2,1-2H3,(H,17,22)(H,18,20)/t11-,12-,13+/m0/s1. The van der Waals surface area contributed by atoms with Crippen LogP contribution in [-0.2, 0) is 19.1 Å². The minimum absolute atomic E-state index is 0.0503. The van der Waals surface area contributed by atoms with E-state index in [1.807, 2.05) is 12.2 Å². The van der Waals surface area contributed by atoms with Gasteiger partial charge in [0.15, 0.2) is 0 Å². The van der Waals surface area contributed by atoms with Gasteiger partial charge in [-0.3, -0.25) is 14.4 Å². The number of aliphatic hydroxyl groups excluding tert-OH is 1. The minimum atomic E-state index is -0.487. The third-order valence-electron chi connectivity index (χ3n) is 3.48. The van der Waals surface area contributed by atoms with Crippen molar-refractivity contribution >= 4 is 17.8 Å². The van der Waals surface area contributed by atoms with Crippen molar-refractivity contribution in [2.75, 3.05) is 13.2 Å². The Morgan fingerprint density at radius 2 is 2.22 bits per heavy atom. The van der Waals surface area contributed by atoms with Crippen LogP contribution in [0.25, 0.3) is 0 Å². The number of nitrogens with one attached hydrogen (secondary N) is 2. The largest absolute Gasteiger partial charge is 0.461 e. The molecule has 3 atom stereocenters. The number of hydrogen-bond donors (Lipinski definition) is 3. The molecule has 3 N–H and O–H groups in total. The maximum absolute atomic E-state index is 12.2. The lowest BCUT2D eigenvalue weighted by molar-refractivity contribution is -0.148. The molecule has 23 heavy (non-hydrogen) atoms. The Bertz CT molecular complexity index is 450. The summed E-state index contributed by atoms with van der Waals surface area (Å²) < 4.78 is 5.16. The third kappa shape index (κ3) is 7.78. The van der Waals surface area contributed by atoms with Crippen LogP contribution in [0.2, 0.25) is 0 Å². The summed E-state index contributed by atoms with van der Waals surface area (Å²) >= 11 is 0. The third-order valence-corrected chi connectivity index (χ3v) is 3.48. The average molecular weight is 326 g/mol. The van der Waals surface area contributed by atoms with Crippen LogP contribution in [0.4, 0.5) is 0 Å². The second-order valence-corrected chi connectivity index (χ2v) is 5.84. The fourth-order valence-corrected chi connectivity index (χ4v) is 2.18. The van der Waals surface area contributed by atoms with Crippen LogP contribution in [0.3, 0.4) is 0 Å². The Balaban J connectivity index is 2.67. The van der Waals surface area contributed by atoms with Crippen LogP contribution in [0.15, 0.2) is 12.2 Å². The lowest BCUT2D eigenvalue weighted by Crippen LogP contribution is -2.41. The normalized spacial score (nSPS) is 24.7. The van der Waals surface area contributed by atoms with Gasteiger partial charge in [0.1, 0.15) is 6.10 Å². The molecule has 0 saturated heterocycles. The fourth-order valence-electron chi connectivity index (χ4n) is 2.18. The summed E-state index contributed by atoms with van der Waals surface area (Å²) in [7, 11) is 0. The molecule has 0 bridgehead atoms. The first kappa shape index (κ1) is 19.2. The van der Waals surface area contributed by atoms with E-state index in [9.17, 15) is 14.4 Å². The Morgan fingerprint density at radius 1 is 1.48 bits per heavy atom. The van der Waals surface area contributed by atoms with Gasteiger partial charge >= 0.3 is 5.97 Å². The molecule has 130 valence electrons. The highest BCUT2D eigenvalue weighted by molar-refractivity contribution is 5.86. The smallest absolute Gasteiger partial charge is 0.306 e. The van der Waals surface area contributed by atoms with Crippen molar-refractivity contribution in [1.29, 1.82) is 0 Å². The van der Waals surface area contributed by atoms with Crippen molar-refractivity contribution in [1.82, 2.24) is 10.6 Å². The van der Waals surface area contributed by atoms with Crippen LogP contribution in [0.1, 0.15) is 39.5 Å². The summed E-state index contributed by atoms with van der Waals surface area (Å²) in [4.78, 5) is 35.6. The molecule has 7 nitrogen and oxygen atoms in total. The number of carbonyl (C=O) groups excluding carboxylic acids is 3. The zero-order valence-electron chi connectivity index (χ0n) is 13.7. The first-order valence-electron chi connectivity index (χ1n) is 7.94. The number of allylic oxidation sites excluding steroid dienone is 2. The monoisotopic (exact) mass is 326 g/mol. The molecule has 0 fully saturated rings. The average Bonchev–Trinajstić information content (AvgIpc) is 2.49. The Hall–Kier alpha value is -1.89. The molecule has 1 heterocycles. The summed E-state index contributed by atoms with van der Waals surface area (Å²) in [5.41, 5.74) is 0. The van der Waals surface area contributed by atoms with Gasteiger partial charge < -0.3 is 20.5 Å². The number of cyclic esters (lactones) is 1. The van der Waals surface area contributed by atoms with Gasteiger partial charge in [0.2, 0.25) is 11.8 Å². The minimum Gasteiger partial charge on any atom is -0.461 e. The van der Waals surface area contributed by atoms with Gasteiger partial charge in [-0.05, 0) is 26.7 Å². The van der Waals surface area contributed by atoms with E-state index in [1.54, 1.807) is 13.8 Å². The first-order chi connectivity index (χ1) is 10.9. The second kappa shape index (κ2) is 9.99. The highest BCUT2D eigenvalue weighted by Crippen LogP contribution is 2.12. The van der Waals surface area contributed by atoms with E-state index in [1.165, 1.54) is 0 Å². The number of amides is 2. The van der Waals surface area contributed by atoms with E-state index in [0.29, 0.717) is 19.3 Å². The summed E-state index contributed by atoms with van der Waals surface area (Å²) in [6.45, 7) is 3.48. The molecule has 0 radical (unpaired) electrons. The van der Waals surface area contributed by atoms with E-state index in [4.69, 9.17) is 9.84 Å². The maximum Gasteiger partial charge on any atom is 0.306 e. The SMILES string of the molecule is C[C@@H](CO)NC(=O)C[C@H]1CC=CCCC(=O)O[C@@H](C)CNC1=O. The molecular weight excluding hydrogens is 300 g/mol. The zero-order chi connectivity index (χ0) is 17.2. The predicted molar refractivity (Wildman–Crippen MR) is 84.4 cm³/mol. The zero-order valence-corrected chi connectivity index (χ0v) is 13.7. The number of hydrogen-bond acceptors (Lipinski definition) is 5. The highest BCUT2D eigenvalue weighted by Gasteiger charge is 2.22. The molecule has 0 spiro atoms. The van der Waals surface area contributed by atoms with E-state index >= 15 is 0 Å². The number of carbonyl (C=O) groups is 3. The van der Waals surface area contributed by atoms with Crippen molar-refractivity contribution in [3.8, 4) is 0 Å². The maximum atomic E-state index is 12.2. The first-order valence-corrected chi connectivity index (χ1v) is 7.94. The topological polar surface area (TPSA) is 105 Å². The van der Waals surface area contributed by atoms with Crippen LogP contribution in [0.5, 0.6) is 0 Å². The summed E-state index contributed by atoms with van der Waals surface area (Å²) in [6.07, 6.45) is 4.55. The summed E-state index contributed by atoms with van der Waals surface area (Å²) in [6, 6.07) is -0.341. The quantitative estimate of drug-likeness (QED) is 0.508. The molecule has 1 aliphatic rings. The van der Waals surface area contributed by atoms with E-state index in [2.05, 4.69) is 10.6 Å². The molecular formula is C16H26N2O5. The van der Waals surface area contributed by atoms with Crippen molar-refractivity contribution in [2.24, 2.45) is 5.92 Å². The number of aliphatic hydroxyl groups is 1. The predicted octanol–water partition coefficient (Wildman–Crippen LogP) is 0.278. The molecule has 7 heteroatoms. The van der Waals surface area contributed by atoms with Crippen molar-refractivity contribution in [3.63, 3.8) is 0 Å². The molecule has 1 aliphatic heterocycles.